The van der Waals surface area contributed by atoms with Gasteiger partial charge in [0, 0.05) is 12.1 Å². The van der Waals surface area contributed by atoms with Crippen molar-refractivity contribution >= 4 is 40.2 Å². The van der Waals surface area contributed by atoms with Crippen LogP contribution in [0.1, 0.15) is 31.7 Å². The highest BCUT2D eigenvalue weighted by molar-refractivity contribution is 6.42. The molecule has 1 aromatic heterocycles. The number of anilines is 1. The molecule has 2 fully saturated rings. The molecule has 2 aliphatic rings. The van der Waals surface area contributed by atoms with Gasteiger partial charge in [0.2, 0.25) is 5.95 Å². The van der Waals surface area contributed by atoms with Gasteiger partial charge in [-0.3, -0.25) is 0 Å². The Morgan fingerprint density at radius 2 is 1.73 bits per heavy atom. The molecule has 5 nitrogen and oxygen atoms in total. The lowest BCUT2D eigenvalue weighted by atomic mass is 10.2. The van der Waals surface area contributed by atoms with Gasteiger partial charge >= 0.3 is 0 Å². The third-order valence-corrected chi connectivity index (χ3v) is 5.20. The van der Waals surface area contributed by atoms with Crippen molar-refractivity contribution in [3.8, 4) is 0 Å². The van der Waals surface area contributed by atoms with E-state index in [0.29, 0.717) is 28.9 Å². The highest BCUT2D eigenvalue weighted by Gasteiger charge is 2.35. The molecule has 0 radical (unpaired) electrons. The maximum atomic E-state index is 9.87. The molecule has 0 bridgehead atoms. The monoisotopic (exact) mass is 341 g/mol. The van der Waals surface area contributed by atoms with Crippen LogP contribution in [0.3, 0.4) is 0 Å². The highest BCUT2D eigenvalue weighted by atomic mass is 35.5. The molecule has 0 amide bonds. The summed E-state index contributed by atoms with van der Waals surface area (Å²) in [5.74, 6) is 0.766. The second-order valence-corrected chi connectivity index (χ2v) is 7.05. The van der Waals surface area contributed by atoms with Crippen LogP contribution in [0.15, 0.2) is 12.1 Å². The fourth-order valence-corrected chi connectivity index (χ4v) is 3.47. The van der Waals surface area contributed by atoms with E-state index in [0.717, 1.165) is 29.8 Å². The Labute approximate surface area is 137 Å². The molecule has 2 unspecified atom stereocenters. The Balaban J connectivity index is 1.83. The lowest BCUT2D eigenvalue weighted by Gasteiger charge is -2.17. The lowest BCUT2D eigenvalue weighted by molar-refractivity contribution is 0.0438. The van der Waals surface area contributed by atoms with Gasteiger partial charge in [-0.2, -0.15) is 0 Å². The number of hydrogen-bond acceptors (Lipinski definition) is 4. The molecule has 2 aromatic rings. The van der Waals surface area contributed by atoms with Crippen LogP contribution >= 0.6 is 23.2 Å². The van der Waals surface area contributed by atoms with E-state index in [1.165, 1.54) is 0 Å². The summed E-state index contributed by atoms with van der Waals surface area (Å²) in [5.41, 5.74) is 1.65. The minimum atomic E-state index is -0.695. The predicted molar refractivity (Wildman–Crippen MR) is 86.7 cm³/mol. The minimum Gasteiger partial charge on any atom is -0.390 e. The fraction of sp³-hybridized carbons (Fsp3) is 0.533. The standard InChI is InChI=1S/C15H17Cl2N3O2/c16-9-5-11-12(6-10(9)17)20(8-3-13(21)14(22)4-8)15(19-11)18-7-1-2-7/h5-8,13-14,21-22H,1-4H2,(H,18,19). The molecule has 2 aliphatic carbocycles. The first-order valence-corrected chi connectivity index (χ1v) is 8.28. The summed E-state index contributed by atoms with van der Waals surface area (Å²) in [6.07, 6.45) is 1.90. The van der Waals surface area contributed by atoms with E-state index < -0.39 is 12.2 Å². The van der Waals surface area contributed by atoms with Gasteiger partial charge in [0.25, 0.3) is 0 Å². The summed E-state index contributed by atoms with van der Waals surface area (Å²) < 4.78 is 2.05. The Kier molecular flexibility index (Phi) is 3.49. The van der Waals surface area contributed by atoms with E-state index >= 15 is 0 Å². The van der Waals surface area contributed by atoms with Crippen LogP contribution in [0.2, 0.25) is 10.0 Å². The third-order valence-electron chi connectivity index (χ3n) is 4.48. The fourth-order valence-electron chi connectivity index (χ4n) is 3.15. The van der Waals surface area contributed by atoms with E-state index in [2.05, 4.69) is 14.9 Å². The number of rotatable bonds is 3. The smallest absolute Gasteiger partial charge is 0.204 e. The van der Waals surface area contributed by atoms with Crippen molar-refractivity contribution in [2.75, 3.05) is 5.32 Å². The SMILES string of the molecule is OC1CC(n2c(NC3CC3)nc3cc(Cl)c(Cl)cc32)CC1O. The molecule has 1 heterocycles. The number of benzene rings is 1. The number of halogens is 2. The van der Waals surface area contributed by atoms with Crippen LogP contribution < -0.4 is 5.32 Å². The van der Waals surface area contributed by atoms with Crippen molar-refractivity contribution in [1.29, 1.82) is 0 Å². The van der Waals surface area contributed by atoms with Gasteiger partial charge in [0.1, 0.15) is 0 Å². The average molecular weight is 342 g/mol. The number of aliphatic hydroxyl groups excluding tert-OH is 2. The molecule has 2 atom stereocenters. The molecule has 1 aromatic carbocycles. The lowest BCUT2D eigenvalue weighted by Crippen LogP contribution is -2.17. The normalized spacial score (nSPS) is 28.5. The highest BCUT2D eigenvalue weighted by Crippen LogP contribution is 2.39. The molecule has 22 heavy (non-hydrogen) atoms. The zero-order valence-electron chi connectivity index (χ0n) is 11.8. The maximum absolute atomic E-state index is 9.87. The van der Waals surface area contributed by atoms with Crippen LogP contribution in [-0.2, 0) is 0 Å². The summed E-state index contributed by atoms with van der Waals surface area (Å²) >= 11 is 12.3. The van der Waals surface area contributed by atoms with E-state index in [1.807, 2.05) is 0 Å². The summed E-state index contributed by atoms with van der Waals surface area (Å²) in [4.78, 5) is 4.63. The Morgan fingerprint density at radius 3 is 2.36 bits per heavy atom. The van der Waals surface area contributed by atoms with Crippen LogP contribution in [0.5, 0.6) is 0 Å². The molecule has 118 valence electrons. The number of nitrogens with one attached hydrogen (secondary N) is 1. The summed E-state index contributed by atoms with van der Waals surface area (Å²) in [7, 11) is 0. The largest absolute Gasteiger partial charge is 0.390 e. The number of imidazole rings is 1. The Morgan fingerprint density at radius 1 is 1.09 bits per heavy atom. The van der Waals surface area contributed by atoms with Crippen LogP contribution in [-0.4, -0.2) is 38.0 Å². The second kappa shape index (κ2) is 5.27. The van der Waals surface area contributed by atoms with Crippen LogP contribution in [0.4, 0.5) is 5.95 Å². The summed E-state index contributed by atoms with van der Waals surface area (Å²) in [6, 6.07) is 4.02. The second-order valence-electron chi connectivity index (χ2n) is 6.24. The Hall–Kier alpha value is -1.01. The molecular formula is C15H17Cl2N3O2. The molecule has 2 saturated carbocycles. The first kappa shape index (κ1) is 14.6. The van der Waals surface area contributed by atoms with E-state index in [9.17, 15) is 10.2 Å². The van der Waals surface area contributed by atoms with Crippen molar-refractivity contribution in [3.63, 3.8) is 0 Å². The van der Waals surface area contributed by atoms with E-state index in [4.69, 9.17) is 23.2 Å². The number of aliphatic hydroxyl groups is 2. The van der Waals surface area contributed by atoms with Gasteiger partial charge in [0.05, 0.1) is 33.3 Å². The molecule has 3 N–H and O–H groups in total. The predicted octanol–water partition coefficient (Wildman–Crippen LogP) is 2.97. The zero-order valence-corrected chi connectivity index (χ0v) is 13.3. The van der Waals surface area contributed by atoms with Gasteiger partial charge < -0.3 is 20.1 Å². The van der Waals surface area contributed by atoms with Gasteiger partial charge in [-0.05, 0) is 37.8 Å². The van der Waals surface area contributed by atoms with Crippen molar-refractivity contribution in [1.82, 2.24) is 9.55 Å². The summed E-state index contributed by atoms with van der Waals surface area (Å²) in [5, 5.41) is 24.1. The quantitative estimate of drug-likeness (QED) is 0.802. The zero-order chi connectivity index (χ0) is 15.4. The van der Waals surface area contributed by atoms with Crippen LogP contribution in [0.25, 0.3) is 11.0 Å². The number of aromatic nitrogens is 2. The molecule has 0 spiro atoms. The Bertz CT molecular complexity index is 719. The van der Waals surface area contributed by atoms with Gasteiger partial charge in [0.15, 0.2) is 0 Å². The third kappa shape index (κ3) is 2.46. The maximum Gasteiger partial charge on any atom is 0.204 e. The van der Waals surface area contributed by atoms with E-state index in [-0.39, 0.29) is 6.04 Å². The first-order valence-electron chi connectivity index (χ1n) is 7.52. The number of nitrogens with zero attached hydrogens (tertiary/aromatic N) is 2. The molecule has 0 aliphatic heterocycles. The minimum absolute atomic E-state index is 0.00603. The van der Waals surface area contributed by atoms with Gasteiger partial charge in [-0.25, -0.2) is 4.98 Å². The van der Waals surface area contributed by atoms with Crippen LogP contribution in [0, 0.1) is 0 Å². The van der Waals surface area contributed by atoms with Crippen molar-refractivity contribution in [2.24, 2.45) is 0 Å². The molecule has 7 heteroatoms. The number of fused-ring (bicyclic) bond motifs is 1. The first-order chi connectivity index (χ1) is 10.5. The molecular weight excluding hydrogens is 325 g/mol. The number of hydrogen-bond donors (Lipinski definition) is 3. The van der Waals surface area contributed by atoms with Crippen molar-refractivity contribution in [2.45, 2.75) is 50.0 Å². The molecule has 0 saturated heterocycles. The van der Waals surface area contributed by atoms with Gasteiger partial charge in [-0.1, -0.05) is 23.2 Å². The van der Waals surface area contributed by atoms with E-state index in [1.54, 1.807) is 12.1 Å². The summed E-state index contributed by atoms with van der Waals surface area (Å²) in [6.45, 7) is 0. The van der Waals surface area contributed by atoms with Gasteiger partial charge in [-0.15, -0.1) is 0 Å². The van der Waals surface area contributed by atoms with Crippen molar-refractivity contribution in [3.05, 3.63) is 22.2 Å². The molecule has 4 rings (SSSR count). The van der Waals surface area contributed by atoms with Crippen molar-refractivity contribution < 1.29 is 10.2 Å². The topological polar surface area (TPSA) is 70.3 Å². The average Bonchev–Trinajstić information content (AvgIpc) is 3.12.